The SMILES string of the molecule is C=C(Br)CNC(=O)c1sc2ncccc2c1N. The van der Waals surface area contributed by atoms with Crippen molar-refractivity contribution in [2.45, 2.75) is 0 Å². The Morgan fingerprint density at radius 2 is 2.41 bits per heavy atom. The van der Waals surface area contributed by atoms with Crippen molar-refractivity contribution in [2.75, 3.05) is 12.3 Å². The number of nitrogens with one attached hydrogen (secondary N) is 1. The Balaban J connectivity index is 2.32. The summed E-state index contributed by atoms with van der Waals surface area (Å²) in [6.45, 7) is 4.02. The number of thiophene rings is 1. The third-order valence-electron chi connectivity index (χ3n) is 2.15. The van der Waals surface area contributed by atoms with E-state index in [1.54, 1.807) is 12.3 Å². The van der Waals surface area contributed by atoms with Gasteiger partial charge in [-0.2, -0.15) is 0 Å². The normalized spacial score (nSPS) is 10.4. The summed E-state index contributed by atoms with van der Waals surface area (Å²) < 4.78 is 0.712. The quantitative estimate of drug-likeness (QED) is 0.915. The van der Waals surface area contributed by atoms with Crippen molar-refractivity contribution in [1.82, 2.24) is 10.3 Å². The van der Waals surface area contributed by atoms with Crippen molar-refractivity contribution in [3.8, 4) is 0 Å². The second-order valence-corrected chi connectivity index (χ2v) is 5.52. The van der Waals surface area contributed by atoms with Crippen LogP contribution in [0.15, 0.2) is 29.4 Å². The van der Waals surface area contributed by atoms with Crippen molar-refractivity contribution < 1.29 is 4.79 Å². The molecule has 0 aliphatic rings. The minimum Gasteiger partial charge on any atom is -0.397 e. The lowest BCUT2D eigenvalue weighted by Gasteiger charge is -2.02. The highest BCUT2D eigenvalue weighted by atomic mass is 79.9. The minimum absolute atomic E-state index is 0.203. The molecule has 1 amide bonds. The molecule has 0 fully saturated rings. The fourth-order valence-corrected chi connectivity index (χ4v) is 2.50. The molecule has 2 rings (SSSR count). The number of carbonyl (C=O) groups is 1. The molecule has 0 aliphatic carbocycles. The zero-order valence-electron chi connectivity index (χ0n) is 8.87. The summed E-state index contributed by atoms with van der Waals surface area (Å²) in [5.74, 6) is -0.203. The van der Waals surface area contributed by atoms with E-state index in [0.717, 1.165) is 10.2 Å². The van der Waals surface area contributed by atoms with E-state index in [2.05, 4.69) is 32.8 Å². The van der Waals surface area contributed by atoms with Crippen LogP contribution < -0.4 is 11.1 Å². The number of carbonyl (C=O) groups excluding carboxylic acids is 1. The number of nitrogens with two attached hydrogens (primary N) is 1. The average molecular weight is 312 g/mol. The number of rotatable bonds is 3. The first kappa shape index (κ1) is 12.1. The van der Waals surface area contributed by atoms with Crippen molar-refractivity contribution in [3.05, 3.63) is 34.3 Å². The molecule has 2 heterocycles. The van der Waals surface area contributed by atoms with Crippen LogP contribution in [-0.2, 0) is 0 Å². The van der Waals surface area contributed by atoms with Gasteiger partial charge in [-0.3, -0.25) is 4.79 Å². The number of halogens is 1. The number of nitrogen functional groups attached to an aromatic ring is 1. The van der Waals surface area contributed by atoms with Crippen LogP contribution in [0.4, 0.5) is 5.69 Å². The molecule has 0 atom stereocenters. The molecule has 6 heteroatoms. The van der Waals surface area contributed by atoms with Crippen LogP contribution >= 0.6 is 27.3 Å². The third-order valence-corrected chi connectivity index (χ3v) is 3.56. The van der Waals surface area contributed by atoms with Gasteiger partial charge < -0.3 is 11.1 Å². The van der Waals surface area contributed by atoms with E-state index < -0.39 is 0 Å². The fourth-order valence-electron chi connectivity index (χ4n) is 1.38. The molecule has 0 aliphatic heterocycles. The molecule has 17 heavy (non-hydrogen) atoms. The van der Waals surface area contributed by atoms with Crippen LogP contribution in [-0.4, -0.2) is 17.4 Å². The number of aromatic nitrogens is 1. The van der Waals surface area contributed by atoms with Crippen LogP contribution in [0.25, 0.3) is 10.2 Å². The number of pyridine rings is 1. The summed E-state index contributed by atoms with van der Waals surface area (Å²) in [5, 5.41) is 3.54. The topological polar surface area (TPSA) is 68.0 Å². The Morgan fingerprint density at radius 1 is 1.65 bits per heavy atom. The standard InChI is InChI=1S/C11H10BrN3OS/c1-6(12)5-15-10(16)9-8(13)7-3-2-4-14-11(7)17-9/h2-4H,1,5,13H2,(H,15,16). The molecule has 0 bridgehead atoms. The largest absolute Gasteiger partial charge is 0.397 e. The number of amides is 1. The summed E-state index contributed by atoms with van der Waals surface area (Å²) in [5.41, 5.74) is 6.40. The van der Waals surface area contributed by atoms with E-state index in [4.69, 9.17) is 5.73 Å². The van der Waals surface area contributed by atoms with E-state index in [1.807, 2.05) is 6.07 Å². The summed E-state index contributed by atoms with van der Waals surface area (Å²) in [6, 6.07) is 3.65. The Morgan fingerprint density at radius 3 is 3.06 bits per heavy atom. The zero-order chi connectivity index (χ0) is 12.4. The lowest BCUT2D eigenvalue weighted by molar-refractivity contribution is 0.0962. The summed E-state index contributed by atoms with van der Waals surface area (Å²) >= 11 is 4.47. The van der Waals surface area contributed by atoms with Gasteiger partial charge in [0.2, 0.25) is 0 Å². The number of nitrogens with zero attached hydrogens (tertiary/aromatic N) is 1. The lowest BCUT2D eigenvalue weighted by Crippen LogP contribution is -2.24. The number of hydrogen-bond acceptors (Lipinski definition) is 4. The van der Waals surface area contributed by atoms with Crippen LogP contribution in [0, 0.1) is 0 Å². The number of anilines is 1. The molecule has 88 valence electrons. The van der Waals surface area contributed by atoms with Gasteiger partial charge in [0.1, 0.15) is 9.71 Å². The maximum absolute atomic E-state index is 11.9. The van der Waals surface area contributed by atoms with E-state index in [0.29, 0.717) is 21.6 Å². The Bertz CT molecular complexity index is 593. The van der Waals surface area contributed by atoms with E-state index in [9.17, 15) is 4.79 Å². The second-order valence-electron chi connectivity index (χ2n) is 3.40. The first-order chi connectivity index (χ1) is 8.09. The predicted molar refractivity (Wildman–Crippen MR) is 74.4 cm³/mol. The Labute approximate surface area is 111 Å². The van der Waals surface area contributed by atoms with Gasteiger partial charge >= 0.3 is 0 Å². The molecule has 2 aromatic heterocycles. The van der Waals surface area contributed by atoms with Crippen LogP contribution in [0.1, 0.15) is 9.67 Å². The van der Waals surface area contributed by atoms with Crippen molar-refractivity contribution >= 4 is 49.1 Å². The monoisotopic (exact) mass is 311 g/mol. The molecule has 2 aromatic rings. The fraction of sp³-hybridized carbons (Fsp3) is 0.0909. The first-order valence-electron chi connectivity index (χ1n) is 4.84. The zero-order valence-corrected chi connectivity index (χ0v) is 11.3. The van der Waals surface area contributed by atoms with Crippen LogP contribution in [0.2, 0.25) is 0 Å². The number of hydrogen-bond donors (Lipinski definition) is 2. The summed E-state index contributed by atoms with van der Waals surface area (Å²) in [4.78, 5) is 17.3. The Hall–Kier alpha value is -1.40. The van der Waals surface area contributed by atoms with Gasteiger partial charge in [0.15, 0.2) is 0 Å². The molecule has 4 nitrogen and oxygen atoms in total. The van der Waals surface area contributed by atoms with Crippen LogP contribution in [0.3, 0.4) is 0 Å². The second kappa shape index (κ2) is 4.85. The summed E-state index contributed by atoms with van der Waals surface area (Å²) in [7, 11) is 0. The van der Waals surface area contributed by atoms with Gasteiger partial charge in [-0.15, -0.1) is 11.3 Å². The van der Waals surface area contributed by atoms with E-state index in [1.165, 1.54) is 11.3 Å². The molecule has 0 spiro atoms. The maximum atomic E-state index is 11.9. The van der Waals surface area contributed by atoms with E-state index in [-0.39, 0.29) is 5.91 Å². The van der Waals surface area contributed by atoms with Gasteiger partial charge in [-0.25, -0.2) is 4.98 Å². The van der Waals surface area contributed by atoms with Gasteiger partial charge in [-0.05, 0) is 12.1 Å². The third kappa shape index (κ3) is 2.48. The van der Waals surface area contributed by atoms with Gasteiger partial charge in [-0.1, -0.05) is 22.5 Å². The Kier molecular flexibility index (Phi) is 3.44. The highest BCUT2D eigenvalue weighted by Crippen LogP contribution is 2.31. The molecular weight excluding hydrogens is 302 g/mol. The van der Waals surface area contributed by atoms with Crippen LogP contribution in [0.5, 0.6) is 0 Å². The smallest absolute Gasteiger partial charge is 0.263 e. The predicted octanol–water partition coefficient (Wildman–Crippen LogP) is 2.52. The first-order valence-corrected chi connectivity index (χ1v) is 6.45. The van der Waals surface area contributed by atoms with Crippen molar-refractivity contribution in [2.24, 2.45) is 0 Å². The molecule has 0 radical (unpaired) electrons. The molecule has 3 N–H and O–H groups in total. The van der Waals surface area contributed by atoms with Gasteiger partial charge in [0, 0.05) is 22.6 Å². The number of fused-ring (bicyclic) bond motifs is 1. The van der Waals surface area contributed by atoms with Gasteiger partial charge in [0.25, 0.3) is 5.91 Å². The molecule has 0 saturated heterocycles. The molecular formula is C11H10BrN3OS. The van der Waals surface area contributed by atoms with Gasteiger partial charge in [0.05, 0.1) is 5.69 Å². The molecule has 0 unspecified atom stereocenters. The van der Waals surface area contributed by atoms with Crippen molar-refractivity contribution in [1.29, 1.82) is 0 Å². The highest BCUT2D eigenvalue weighted by Gasteiger charge is 2.16. The summed E-state index contributed by atoms with van der Waals surface area (Å²) in [6.07, 6.45) is 1.68. The van der Waals surface area contributed by atoms with E-state index >= 15 is 0 Å². The minimum atomic E-state index is -0.203. The lowest BCUT2D eigenvalue weighted by atomic mass is 10.2. The van der Waals surface area contributed by atoms with Crippen molar-refractivity contribution in [3.63, 3.8) is 0 Å². The highest BCUT2D eigenvalue weighted by molar-refractivity contribution is 9.11. The molecule has 0 aromatic carbocycles. The molecule has 0 saturated carbocycles. The average Bonchev–Trinajstić information content (AvgIpc) is 2.64. The maximum Gasteiger partial charge on any atom is 0.263 e.